The highest BCUT2D eigenvalue weighted by atomic mass is 79.9. The quantitative estimate of drug-likeness (QED) is 0.404. The summed E-state index contributed by atoms with van der Waals surface area (Å²) < 4.78 is 3.65. The van der Waals surface area contributed by atoms with E-state index in [0.29, 0.717) is 0 Å². The Labute approximate surface area is 141 Å². The lowest BCUT2D eigenvalue weighted by molar-refractivity contribution is 0.571. The minimum absolute atomic E-state index is 1.12. The summed E-state index contributed by atoms with van der Waals surface area (Å²) in [7, 11) is 0. The van der Waals surface area contributed by atoms with Gasteiger partial charge in [-0.25, -0.2) is 0 Å². The molecule has 22 heavy (non-hydrogen) atoms. The van der Waals surface area contributed by atoms with E-state index in [9.17, 15) is 0 Å². The lowest BCUT2D eigenvalue weighted by Crippen LogP contribution is -1.97. The third-order valence-corrected chi connectivity index (χ3v) is 4.96. The van der Waals surface area contributed by atoms with Crippen LogP contribution in [0.5, 0.6) is 0 Å². The van der Waals surface area contributed by atoms with Gasteiger partial charge in [-0.1, -0.05) is 79.2 Å². The topological polar surface area (TPSA) is 4.93 Å². The van der Waals surface area contributed by atoms with Crippen LogP contribution < -0.4 is 0 Å². The molecular weight excluding hydrogens is 334 g/mol. The zero-order valence-corrected chi connectivity index (χ0v) is 14.9. The maximum Gasteiger partial charge on any atom is 0.0502 e. The monoisotopic (exact) mass is 357 g/mol. The Kier molecular flexibility index (Phi) is 5.20. The molecule has 0 amide bonds. The van der Waals surface area contributed by atoms with Gasteiger partial charge >= 0.3 is 0 Å². The molecule has 116 valence electrons. The molecule has 1 aromatic heterocycles. The summed E-state index contributed by atoms with van der Waals surface area (Å²) in [6, 6.07) is 15.4. The Morgan fingerprint density at radius 2 is 1.55 bits per heavy atom. The van der Waals surface area contributed by atoms with E-state index in [1.807, 2.05) is 0 Å². The van der Waals surface area contributed by atoms with Crippen molar-refractivity contribution < 1.29 is 0 Å². The number of unbranched alkanes of at least 4 members (excludes halogenated alkanes) is 5. The van der Waals surface area contributed by atoms with Crippen LogP contribution in [0.25, 0.3) is 21.8 Å². The summed E-state index contributed by atoms with van der Waals surface area (Å²) in [4.78, 5) is 0. The van der Waals surface area contributed by atoms with Crippen LogP contribution in [-0.2, 0) is 6.54 Å². The highest BCUT2D eigenvalue weighted by molar-refractivity contribution is 9.10. The normalized spacial score (nSPS) is 11.5. The fourth-order valence-corrected chi connectivity index (χ4v) is 3.66. The number of halogens is 1. The van der Waals surface area contributed by atoms with E-state index >= 15 is 0 Å². The fourth-order valence-electron chi connectivity index (χ4n) is 3.31. The SMILES string of the molecule is CCCCCCCCn1c2ccccc2c2ccc(Br)cc21. The lowest BCUT2D eigenvalue weighted by atomic mass is 10.1. The van der Waals surface area contributed by atoms with Crippen LogP contribution in [0.15, 0.2) is 46.9 Å². The van der Waals surface area contributed by atoms with Gasteiger partial charge in [-0.05, 0) is 24.6 Å². The van der Waals surface area contributed by atoms with Gasteiger partial charge in [-0.15, -0.1) is 0 Å². The molecule has 0 aliphatic carbocycles. The Morgan fingerprint density at radius 1 is 0.818 bits per heavy atom. The van der Waals surface area contributed by atoms with Gasteiger partial charge < -0.3 is 4.57 Å². The fraction of sp³-hybridized carbons (Fsp3) is 0.400. The van der Waals surface area contributed by atoms with Gasteiger partial charge in [0.25, 0.3) is 0 Å². The molecule has 0 unspecified atom stereocenters. The number of hydrogen-bond donors (Lipinski definition) is 0. The smallest absolute Gasteiger partial charge is 0.0502 e. The zero-order valence-electron chi connectivity index (χ0n) is 13.3. The summed E-state index contributed by atoms with van der Waals surface area (Å²) in [6.07, 6.45) is 8.05. The highest BCUT2D eigenvalue weighted by Gasteiger charge is 2.09. The standard InChI is InChI=1S/C20H24BrN/c1-2-3-4-5-6-9-14-22-19-11-8-7-10-17(19)18-13-12-16(21)15-20(18)22/h7-8,10-13,15H,2-6,9,14H2,1H3. The van der Waals surface area contributed by atoms with Crippen molar-refractivity contribution >= 4 is 37.7 Å². The van der Waals surface area contributed by atoms with Crippen LogP contribution in [0.3, 0.4) is 0 Å². The van der Waals surface area contributed by atoms with Gasteiger partial charge in [0.05, 0.1) is 5.52 Å². The molecule has 2 heteroatoms. The van der Waals surface area contributed by atoms with Gasteiger partial charge in [0, 0.05) is 27.3 Å². The second-order valence-electron chi connectivity index (χ2n) is 6.10. The zero-order chi connectivity index (χ0) is 15.4. The van der Waals surface area contributed by atoms with E-state index in [1.165, 1.54) is 60.3 Å². The minimum atomic E-state index is 1.12. The van der Waals surface area contributed by atoms with Crippen molar-refractivity contribution in [2.45, 2.75) is 52.0 Å². The third-order valence-electron chi connectivity index (χ3n) is 4.47. The molecule has 0 radical (unpaired) electrons. The van der Waals surface area contributed by atoms with E-state index < -0.39 is 0 Å². The van der Waals surface area contributed by atoms with Crippen LogP contribution in [-0.4, -0.2) is 4.57 Å². The lowest BCUT2D eigenvalue weighted by Gasteiger charge is -2.07. The molecule has 0 atom stereocenters. The van der Waals surface area contributed by atoms with Gasteiger partial charge in [-0.2, -0.15) is 0 Å². The molecule has 0 N–H and O–H groups in total. The van der Waals surface area contributed by atoms with Gasteiger partial charge in [0.15, 0.2) is 0 Å². The number of benzene rings is 2. The number of aromatic nitrogens is 1. The Hall–Kier alpha value is -1.28. The number of rotatable bonds is 7. The van der Waals surface area contributed by atoms with E-state index in [1.54, 1.807) is 0 Å². The summed E-state index contributed by atoms with van der Waals surface area (Å²) in [5.74, 6) is 0. The second-order valence-corrected chi connectivity index (χ2v) is 7.01. The summed E-state index contributed by atoms with van der Waals surface area (Å²) in [6.45, 7) is 3.39. The van der Waals surface area contributed by atoms with E-state index in [4.69, 9.17) is 0 Å². The van der Waals surface area contributed by atoms with Crippen LogP contribution in [0.4, 0.5) is 0 Å². The maximum atomic E-state index is 3.62. The van der Waals surface area contributed by atoms with Crippen molar-refractivity contribution in [2.75, 3.05) is 0 Å². The maximum absolute atomic E-state index is 3.62. The molecule has 0 spiro atoms. The Bertz CT molecular complexity index is 757. The molecule has 0 saturated heterocycles. The molecule has 3 aromatic rings. The molecule has 0 fully saturated rings. The molecule has 1 heterocycles. The van der Waals surface area contributed by atoms with Crippen molar-refractivity contribution in [3.8, 4) is 0 Å². The average molecular weight is 358 g/mol. The second kappa shape index (κ2) is 7.32. The van der Waals surface area contributed by atoms with Crippen molar-refractivity contribution in [1.82, 2.24) is 4.57 Å². The third kappa shape index (κ3) is 3.22. The molecule has 0 aliphatic heterocycles. The number of nitrogens with zero attached hydrogens (tertiary/aromatic N) is 1. The first-order valence-electron chi connectivity index (χ1n) is 8.47. The first-order valence-corrected chi connectivity index (χ1v) is 9.27. The van der Waals surface area contributed by atoms with Crippen molar-refractivity contribution in [3.05, 3.63) is 46.9 Å². The summed E-state index contributed by atoms with van der Waals surface area (Å²) in [5.41, 5.74) is 2.72. The molecule has 2 aromatic carbocycles. The van der Waals surface area contributed by atoms with Crippen LogP contribution in [0.1, 0.15) is 45.4 Å². The molecule has 0 aliphatic rings. The van der Waals surface area contributed by atoms with Crippen LogP contribution in [0.2, 0.25) is 0 Å². The van der Waals surface area contributed by atoms with E-state index in [0.717, 1.165) is 11.0 Å². The number of aryl methyl sites for hydroxylation is 1. The van der Waals surface area contributed by atoms with Gasteiger partial charge in [-0.3, -0.25) is 0 Å². The van der Waals surface area contributed by atoms with Crippen molar-refractivity contribution in [1.29, 1.82) is 0 Å². The molecule has 3 rings (SSSR count). The van der Waals surface area contributed by atoms with Gasteiger partial charge in [0.2, 0.25) is 0 Å². The number of fused-ring (bicyclic) bond motifs is 3. The van der Waals surface area contributed by atoms with Crippen molar-refractivity contribution in [2.24, 2.45) is 0 Å². The molecule has 1 nitrogen and oxygen atoms in total. The first kappa shape index (κ1) is 15.6. The Balaban J connectivity index is 1.84. The van der Waals surface area contributed by atoms with Crippen LogP contribution in [0, 0.1) is 0 Å². The molecular formula is C20H24BrN. The first-order chi connectivity index (χ1) is 10.8. The molecule has 0 saturated carbocycles. The largest absolute Gasteiger partial charge is 0.340 e. The average Bonchev–Trinajstić information content (AvgIpc) is 2.84. The Morgan fingerprint density at radius 3 is 2.41 bits per heavy atom. The van der Waals surface area contributed by atoms with Crippen molar-refractivity contribution in [3.63, 3.8) is 0 Å². The number of para-hydroxylation sites is 1. The summed E-state index contributed by atoms with van der Waals surface area (Å²) in [5, 5.41) is 2.74. The predicted molar refractivity (Wildman–Crippen MR) is 101 cm³/mol. The minimum Gasteiger partial charge on any atom is -0.340 e. The number of hydrogen-bond acceptors (Lipinski definition) is 0. The van der Waals surface area contributed by atoms with Gasteiger partial charge in [0.1, 0.15) is 0 Å². The van der Waals surface area contributed by atoms with E-state index in [-0.39, 0.29) is 0 Å². The van der Waals surface area contributed by atoms with Crippen LogP contribution >= 0.6 is 15.9 Å². The highest BCUT2D eigenvalue weighted by Crippen LogP contribution is 2.31. The predicted octanol–water partition coefficient (Wildman–Crippen LogP) is 6.92. The molecule has 0 bridgehead atoms. The summed E-state index contributed by atoms with van der Waals surface area (Å²) >= 11 is 3.62. The van der Waals surface area contributed by atoms with E-state index in [2.05, 4.69) is 69.9 Å².